The number of ether oxygens (including phenoxy) is 1. The summed E-state index contributed by atoms with van der Waals surface area (Å²) in [5.74, 6) is 0.0296. The maximum atomic E-state index is 11.2. The van der Waals surface area contributed by atoms with Gasteiger partial charge >= 0.3 is 5.97 Å². The molecule has 1 N–H and O–H groups in total. The van der Waals surface area contributed by atoms with Gasteiger partial charge in [0.25, 0.3) is 0 Å². The van der Waals surface area contributed by atoms with Gasteiger partial charge < -0.3 is 9.84 Å². The van der Waals surface area contributed by atoms with Crippen molar-refractivity contribution in [3.63, 3.8) is 0 Å². The summed E-state index contributed by atoms with van der Waals surface area (Å²) in [5, 5.41) is 9.16. The second kappa shape index (κ2) is 6.93. The zero-order chi connectivity index (χ0) is 12.0. The van der Waals surface area contributed by atoms with Crippen molar-refractivity contribution in [3.05, 3.63) is 28.2 Å². The predicted octanol–water partition coefficient (Wildman–Crippen LogP) is 2.60. The summed E-state index contributed by atoms with van der Waals surface area (Å²) in [7, 11) is 0. The van der Waals surface area contributed by atoms with Crippen molar-refractivity contribution in [3.8, 4) is 0 Å². The van der Waals surface area contributed by atoms with E-state index in [1.165, 1.54) is 11.8 Å². The number of esters is 1. The number of halogens is 1. The summed E-state index contributed by atoms with van der Waals surface area (Å²) < 4.78 is 5.74. The first-order valence-corrected chi connectivity index (χ1v) is 6.63. The molecule has 0 radical (unpaired) electrons. The third-order valence-corrected chi connectivity index (χ3v) is 3.43. The van der Waals surface area contributed by atoms with Gasteiger partial charge in [-0.3, -0.25) is 4.79 Å². The number of benzene rings is 1. The number of aliphatic hydroxyl groups excluding tert-OH is 1. The van der Waals surface area contributed by atoms with Gasteiger partial charge in [0.15, 0.2) is 0 Å². The molecule has 0 bridgehead atoms. The monoisotopic (exact) mass is 304 g/mol. The van der Waals surface area contributed by atoms with Crippen LogP contribution in [0.15, 0.2) is 27.6 Å². The molecule has 0 heterocycles. The molecule has 0 unspecified atom stereocenters. The Morgan fingerprint density at radius 1 is 1.56 bits per heavy atom. The average molecular weight is 305 g/mol. The maximum Gasteiger partial charge on any atom is 0.316 e. The van der Waals surface area contributed by atoms with Crippen LogP contribution in [-0.4, -0.2) is 23.4 Å². The Morgan fingerprint density at radius 3 is 2.94 bits per heavy atom. The third kappa shape index (κ3) is 4.15. The highest BCUT2D eigenvalue weighted by molar-refractivity contribution is 9.10. The molecule has 5 heteroatoms. The largest absolute Gasteiger partial charge is 0.465 e. The molecule has 1 aromatic carbocycles. The van der Waals surface area contributed by atoms with Crippen molar-refractivity contribution >= 4 is 33.7 Å². The van der Waals surface area contributed by atoms with Gasteiger partial charge in [0.05, 0.1) is 19.0 Å². The molecule has 0 amide bonds. The number of thioether (sulfide) groups is 1. The van der Waals surface area contributed by atoms with Crippen LogP contribution >= 0.6 is 27.7 Å². The van der Waals surface area contributed by atoms with E-state index < -0.39 is 0 Å². The zero-order valence-corrected chi connectivity index (χ0v) is 11.3. The van der Waals surface area contributed by atoms with Crippen LogP contribution in [0, 0.1) is 0 Å². The van der Waals surface area contributed by atoms with Crippen LogP contribution in [0.3, 0.4) is 0 Å². The third-order valence-electron chi connectivity index (χ3n) is 1.84. The molecule has 0 atom stereocenters. The van der Waals surface area contributed by atoms with E-state index in [9.17, 15) is 4.79 Å². The van der Waals surface area contributed by atoms with Crippen molar-refractivity contribution in [2.75, 3.05) is 12.4 Å². The highest BCUT2D eigenvalue weighted by atomic mass is 79.9. The topological polar surface area (TPSA) is 46.5 Å². The number of hydrogen-bond donors (Lipinski definition) is 1. The molecular formula is C11H13BrO3S. The number of carbonyl (C=O) groups is 1. The molecule has 88 valence electrons. The SMILES string of the molecule is CCOC(=O)CSc1ccc(Br)cc1CO. The fourth-order valence-electron chi connectivity index (χ4n) is 1.15. The van der Waals surface area contributed by atoms with Crippen molar-refractivity contribution in [1.29, 1.82) is 0 Å². The first-order chi connectivity index (χ1) is 7.67. The van der Waals surface area contributed by atoms with Crippen molar-refractivity contribution in [2.24, 2.45) is 0 Å². The van der Waals surface area contributed by atoms with Gasteiger partial charge in [-0.15, -0.1) is 11.8 Å². The highest BCUT2D eigenvalue weighted by Gasteiger charge is 2.07. The number of rotatable bonds is 5. The van der Waals surface area contributed by atoms with E-state index in [1.54, 1.807) is 6.92 Å². The van der Waals surface area contributed by atoms with Gasteiger partial charge in [-0.2, -0.15) is 0 Å². The van der Waals surface area contributed by atoms with Crippen LogP contribution in [0.4, 0.5) is 0 Å². The second-order valence-corrected chi connectivity index (χ2v) is 4.94. The van der Waals surface area contributed by atoms with E-state index in [-0.39, 0.29) is 18.3 Å². The number of carbonyl (C=O) groups excluding carboxylic acids is 1. The van der Waals surface area contributed by atoms with E-state index in [4.69, 9.17) is 9.84 Å². The van der Waals surface area contributed by atoms with Crippen molar-refractivity contribution in [2.45, 2.75) is 18.4 Å². The minimum atomic E-state index is -0.237. The summed E-state index contributed by atoms with van der Waals surface area (Å²) in [4.78, 5) is 12.1. The minimum Gasteiger partial charge on any atom is -0.465 e. The quantitative estimate of drug-likeness (QED) is 0.671. The second-order valence-electron chi connectivity index (χ2n) is 3.00. The molecule has 16 heavy (non-hydrogen) atoms. The Hall–Kier alpha value is -0.520. The molecule has 1 aromatic rings. The summed E-state index contributed by atoms with van der Waals surface area (Å²) in [6, 6.07) is 5.60. The van der Waals surface area contributed by atoms with E-state index in [1.807, 2.05) is 18.2 Å². The Kier molecular flexibility index (Phi) is 5.87. The van der Waals surface area contributed by atoms with Crippen LogP contribution in [0.5, 0.6) is 0 Å². The fraction of sp³-hybridized carbons (Fsp3) is 0.364. The van der Waals surface area contributed by atoms with E-state index in [2.05, 4.69) is 15.9 Å². The minimum absolute atomic E-state index is 0.0371. The first kappa shape index (κ1) is 13.5. The molecule has 0 saturated heterocycles. The van der Waals surface area contributed by atoms with Crippen molar-refractivity contribution < 1.29 is 14.6 Å². The molecule has 0 fully saturated rings. The standard InChI is InChI=1S/C11H13BrO3S/c1-2-15-11(14)7-16-10-4-3-9(12)5-8(10)6-13/h3-5,13H,2,6-7H2,1H3. The van der Waals surface area contributed by atoms with Crippen LogP contribution in [0.25, 0.3) is 0 Å². The lowest BCUT2D eigenvalue weighted by molar-refractivity contribution is -0.139. The zero-order valence-electron chi connectivity index (χ0n) is 8.90. The summed E-state index contributed by atoms with van der Waals surface area (Å²) in [6.07, 6.45) is 0. The summed E-state index contributed by atoms with van der Waals surface area (Å²) >= 11 is 4.70. The first-order valence-electron chi connectivity index (χ1n) is 4.85. The van der Waals surface area contributed by atoms with Gasteiger partial charge in [-0.1, -0.05) is 15.9 Å². The molecule has 0 spiro atoms. The van der Waals surface area contributed by atoms with Gasteiger partial charge in [0.1, 0.15) is 0 Å². The molecule has 0 saturated carbocycles. The summed E-state index contributed by atoms with van der Waals surface area (Å²) in [5.41, 5.74) is 0.809. The van der Waals surface area contributed by atoms with E-state index in [0.717, 1.165) is 14.9 Å². The van der Waals surface area contributed by atoms with Crippen LogP contribution in [-0.2, 0) is 16.1 Å². The van der Waals surface area contributed by atoms with Gasteiger partial charge in [-0.25, -0.2) is 0 Å². The van der Waals surface area contributed by atoms with Gasteiger partial charge in [0.2, 0.25) is 0 Å². The van der Waals surface area contributed by atoms with Crippen molar-refractivity contribution in [1.82, 2.24) is 0 Å². The predicted molar refractivity (Wildman–Crippen MR) is 67.4 cm³/mol. The molecular weight excluding hydrogens is 292 g/mol. The highest BCUT2D eigenvalue weighted by Crippen LogP contribution is 2.26. The van der Waals surface area contributed by atoms with E-state index >= 15 is 0 Å². The Bertz CT molecular complexity index is 368. The normalized spacial score (nSPS) is 10.2. The molecule has 3 nitrogen and oxygen atoms in total. The average Bonchev–Trinajstić information content (AvgIpc) is 2.27. The molecule has 0 aliphatic rings. The number of aliphatic hydroxyl groups is 1. The Morgan fingerprint density at radius 2 is 2.31 bits per heavy atom. The molecule has 1 rings (SSSR count). The van der Waals surface area contributed by atoms with E-state index in [0.29, 0.717) is 6.61 Å². The lowest BCUT2D eigenvalue weighted by Crippen LogP contribution is -2.06. The lowest BCUT2D eigenvalue weighted by atomic mass is 10.2. The Labute approximate surface area is 107 Å². The molecule has 0 aromatic heterocycles. The molecule has 0 aliphatic carbocycles. The number of hydrogen-bond acceptors (Lipinski definition) is 4. The maximum absolute atomic E-state index is 11.2. The Balaban J connectivity index is 2.63. The summed E-state index contributed by atoms with van der Waals surface area (Å²) in [6.45, 7) is 2.14. The van der Waals surface area contributed by atoms with Crippen LogP contribution in [0.2, 0.25) is 0 Å². The smallest absolute Gasteiger partial charge is 0.316 e. The fourth-order valence-corrected chi connectivity index (χ4v) is 2.39. The molecule has 0 aliphatic heterocycles. The van der Waals surface area contributed by atoms with Crippen LogP contribution in [0.1, 0.15) is 12.5 Å². The van der Waals surface area contributed by atoms with Gasteiger partial charge in [0, 0.05) is 9.37 Å². The van der Waals surface area contributed by atoms with Crippen LogP contribution < -0.4 is 0 Å². The lowest BCUT2D eigenvalue weighted by Gasteiger charge is -2.07. The van der Waals surface area contributed by atoms with Gasteiger partial charge in [-0.05, 0) is 30.7 Å².